The number of hydrogen-bond donors (Lipinski definition) is 2. The first-order chi connectivity index (χ1) is 8.08. The summed E-state index contributed by atoms with van der Waals surface area (Å²) >= 11 is 1.48. The summed E-state index contributed by atoms with van der Waals surface area (Å²) in [5.74, 6) is 0.360. The van der Waals surface area contributed by atoms with Crippen LogP contribution in [0.5, 0.6) is 0 Å². The van der Waals surface area contributed by atoms with E-state index in [1.807, 2.05) is 12.3 Å². The van der Waals surface area contributed by atoms with Crippen LogP contribution in [0.3, 0.4) is 0 Å². The average Bonchev–Trinajstić information content (AvgIpc) is 2.63. The second-order valence-corrected chi connectivity index (χ2v) is 5.38. The van der Waals surface area contributed by atoms with E-state index in [4.69, 9.17) is 0 Å². The number of amides is 1. The van der Waals surface area contributed by atoms with Crippen molar-refractivity contribution < 1.29 is 4.79 Å². The largest absolute Gasteiger partial charge is 0.309 e. The predicted octanol–water partition coefficient (Wildman–Crippen LogP) is 2.12. The van der Waals surface area contributed by atoms with Crippen LogP contribution in [0.15, 0.2) is 16.5 Å². The highest BCUT2D eigenvalue weighted by Crippen LogP contribution is 2.22. The molecule has 0 radical (unpaired) electrons. The molecule has 17 heavy (non-hydrogen) atoms. The molecule has 92 valence electrons. The molecule has 0 aromatic carbocycles. The lowest BCUT2D eigenvalue weighted by Gasteiger charge is -2.21. The second kappa shape index (κ2) is 4.98. The number of carbonyl (C=O) groups excluding carboxylic acids is 1. The van der Waals surface area contributed by atoms with E-state index in [-0.39, 0.29) is 5.91 Å². The highest BCUT2D eigenvalue weighted by Gasteiger charge is 2.17. The monoisotopic (exact) mass is 251 g/mol. The predicted molar refractivity (Wildman–Crippen MR) is 70.4 cm³/mol. The number of hydrogen-bond acceptors (Lipinski definition) is 4. The fraction of sp³-hybridized carbons (Fsp3) is 0.500. The van der Waals surface area contributed by atoms with Crippen LogP contribution in [0.1, 0.15) is 32.4 Å². The van der Waals surface area contributed by atoms with Crippen molar-refractivity contribution in [1.82, 2.24) is 10.3 Å². The third-order valence-corrected chi connectivity index (χ3v) is 3.66. The maximum atomic E-state index is 11.9. The number of rotatable bonds is 3. The lowest BCUT2D eigenvalue weighted by Crippen LogP contribution is -2.36. The molecule has 0 unspecified atom stereocenters. The van der Waals surface area contributed by atoms with E-state index in [0.717, 1.165) is 24.4 Å². The first kappa shape index (κ1) is 12.3. The smallest absolute Gasteiger partial charge is 0.253 e. The molecule has 1 aliphatic rings. The van der Waals surface area contributed by atoms with Gasteiger partial charge in [0.25, 0.3) is 5.91 Å². The normalized spacial score (nSPS) is 14.7. The van der Waals surface area contributed by atoms with Crippen molar-refractivity contribution in [3.63, 3.8) is 0 Å². The number of anilines is 1. The van der Waals surface area contributed by atoms with E-state index in [2.05, 4.69) is 29.5 Å². The van der Waals surface area contributed by atoms with Gasteiger partial charge in [0, 0.05) is 24.0 Å². The van der Waals surface area contributed by atoms with E-state index in [1.54, 1.807) is 0 Å². The molecular formula is C12H17N3OS. The van der Waals surface area contributed by atoms with Crippen LogP contribution in [0.25, 0.3) is 0 Å². The highest BCUT2D eigenvalue weighted by atomic mass is 32.1. The fourth-order valence-corrected chi connectivity index (χ4v) is 2.34. The molecule has 1 aromatic heterocycles. The number of carbonyl (C=O) groups is 1. The van der Waals surface area contributed by atoms with Gasteiger partial charge in [-0.25, -0.2) is 4.98 Å². The lowest BCUT2D eigenvalue weighted by atomic mass is 10.0. The van der Waals surface area contributed by atoms with Crippen molar-refractivity contribution >= 4 is 22.4 Å². The van der Waals surface area contributed by atoms with E-state index >= 15 is 0 Å². The van der Waals surface area contributed by atoms with Gasteiger partial charge in [0.2, 0.25) is 0 Å². The number of thiazole rings is 1. The third-order valence-electron chi connectivity index (χ3n) is 2.88. The van der Waals surface area contributed by atoms with Crippen molar-refractivity contribution in [2.75, 3.05) is 18.4 Å². The first-order valence-electron chi connectivity index (χ1n) is 5.74. The minimum absolute atomic E-state index is 0.0360. The van der Waals surface area contributed by atoms with Gasteiger partial charge in [0.05, 0.1) is 5.69 Å². The molecule has 4 nitrogen and oxygen atoms in total. The van der Waals surface area contributed by atoms with Gasteiger partial charge in [-0.15, -0.1) is 11.3 Å². The van der Waals surface area contributed by atoms with Gasteiger partial charge in [-0.2, -0.15) is 0 Å². The molecule has 0 atom stereocenters. The maximum Gasteiger partial charge on any atom is 0.253 e. The van der Waals surface area contributed by atoms with E-state index < -0.39 is 0 Å². The Kier molecular flexibility index (Phi) is 3.59. The maximum absolute atomic E-state index is 11.9. The molecular weight excluding hydrogens is 234 g/mol. The molecule has 1 saturated heterocycles. The molecule has 0 bridgehead atoms. The molecule has 0 spiro atoms. The summed E-state index contributed by atoms with van der Waals surface area (Å²) in [6.07, 6.45) is 0. The Morgan fingerprint density at radius 2 is 2.24 bits per heavy atom. The van der Waals surface area contributed by atoms with Gasteiger partial charge in [-0.1, -0.05) is 13.8 Å². The molecule has 1 amide bonds. The van der Waals surface area contributed by atoms with E-state index in [1.165, 1.54) is 16.9 Å². The molecule has 1 aliphatic heterocycles. The van der Waals surface area contributed by atoms with Crippen LogP contribution in [-0.4, -0.2) is 24.0 Å². The van der Waals surface area contributed by atoms with Gasteiger partial charge >= 0.3 is 0 Å². The van der Waals surface area contributed by atoms with Crippen LogP contribution in [0.2, 0.25) is 0 Å². The second-order valence-electron chi connectivity index (χ2n) is 4.52. The number of aromatic nitrogens is 1. The zero-order chi connectivity index (χ0) is 12.4. The summed E-state index contributed by atoms with van der Waals surface area (Å²) in [5.41, 5.74) is 3.02. The van der Waals surface area contributed by atoms with Crippen LogP contribution < -0.4 is 10.6 Å². The van der Waals surface area contributed by atoms with Crippen molar-refractivity contribution in [3.8, 4) is 0 Å². The fourth-order valence-electron chi connectivity index (χ4n) is 1.48. The van der Waals surface area contributed by atoms with Crippen molar-refractivity contribution in [2.24, 2.45) is 0 Å². The summed E-state index contributed by atoms with van der Waals surface area (Å²) < 4.78 is 0. The summed E-state index contributed by atoms with van der Waals surface area (Å²) in [4.78, 5) is 16.3. The molecule has 1 fully saturated rings. The average molecular weight is 251 g/mol. The Labute approximate surface area is 105 Å². The van der Waals surface area contributed by atoms with Gasteiger partial charge in [-0.3, -0.25) is 10.1 Å². The van der Waals surface area contributed by atoms with Crippen molar-refractivity contribution in [2.45, 2.75) is 26.7 Å². The highest BCUT2D eigenvalue weighted by molar-refractivity contribution is 7.14. The Morgan fingerprint density at radius 1 is 1.53 bits per heavy atom. The lowest BCUT2D eigenvalue weighted by molar-refractivity contribution is -0.112. The zero-order valence-electron chi connectivity index (χ0n) is 10.3. The molecule has 0 aliphatic carbocycles. The minimum Gasteiger partial charge on any atom is -0.309 e. The standard InChI is InChI=1S/C12H17N3OS/c1-7(2)10-6-17-12(14-10)15-11(16)8(3)9-4-13-5-9/h6-7,13H,4-5H2,1-3H3,(H,14,15,16). The topological polar surface area (TPSA) is 54.0 Å². The quantitative estimate of drug-likeness (QED) is 0.809. The Balaban J connectivity index is 2.02. The molecule has 2 heterocycles. The van der Waals surface area contributed by atoms with Crippen molar-refractivity contribution in [1.29, 1.82) is 0 Å². The summed E-state index contributed by atoms with van der Waals surface area (Å²) in [6.45, 7) is 7.70. The van der Waals surface area contributed by atoms with E-state index in [9.17, 15) is 4.79 Å². The Bertz CT molecular complexity index is 456. The van der Waals surface area contributed by atoms with Crippen LogP contribution in [0, 0.1) is 0 Å². The van der Waals surface area contributed by atoms with Crippen LogP contribution in [-0.2, 0) is 4.79 Å². The number of nitrogens with one attached hydrogen (secondary N) is 2. The summed E-state index contributed by atoms with van der Waals surface area (Å²) in [6, 6.07) is 0. The van der Waals surface area contributed by atoms with Crippen molar-refractivity contribution in [3.05, 3.63) is 22.2 Å². The van der Waals surface area contributed by atoms with Crippen LogP contribution >= 0.6 is 11.3 Å². The zero-order valence-corrected chi connectivity index (χ0v) is 11.1. The van der Waals surface area contributed by atoms with E-state index in [0.29, 0.717) is 11.0 Å². The van der Waals surface area contributed by atoms with Gasteiger partial charge in [0.15, 0.2) is 5.13 Å². The first-order valence-corrected chi connectivity index (χ1v) is 6.62. The Hall–Kier alpha value is -1.20. The Morgan fingerprint density at radius 3 is 2.71 bits per heavy atom. The molecule has 0 saturated carbocycles. The molecule has 1 aromatic rings. The summed E-state index contributed by atoms with van der Waals surface area (Å²) in [5, 5.41) is 8.66. The minimum atomic E-state index is -0.0360. The van der Waals surface area contributed by atoms with Gasteiger partial charge < -0.3 is 5.32 Å². The molecule has 5 heteroatoms. The molecule has 2 rings (SSSR count). The molecule has 2 N–H and O–H groups in total. The van der Waals surface area contributed by atoms with Crippen LogP contribution in [0.4, 0.5) is 5.13 Å². The van der Waals surface area contributed by atoms with Gasteiger partial charge in [0.1, 0.15) is 0 Å². The summed E-state index contributed by atoms with van der Waals surface area (Å²) in [7, 11) is 0. The SMILES string of the molecule is CC(C(=O)Nc1nc(C(C)C)cs1)=C1CNC1. The number of nitrogens with zero attached hydrogens (tertiary/aromatic N) is 1. The van der Waals surface area contributed by atoms with Gasteiger partial charge in [-0.05, 0) is 18.4 Å². The third kappa shape index (κ3) is 2.73.